The highest BCUT2D eigenvalue weighted by Crippen LogP contribution is 2.50. The van der Waals surface area contributed by atoms with E-state index in [4.69, 9.17) is 11.1 Å². The van der Waals surface area contributed by atoms with Crippen molar-refractivity contribution in [1.82, 2.24) is 0 Å². The van der Waals surface area contributed by atoms with Gasteiger partial charge in [0.2, 0.25) is 5.67 Å². The Morgan fingerprint density at radius 1 is 1.04 bits per heavy atom. The first-order valence-electron chi connectivity index (χ1n) is 8.50. The normalized spacial score (nSPS) is 17.2. The summed E-state index contributed by atoms with van der Waals surface area (Å²) >= 11 is 6.11. The minimum absolute atomic E-state index is 0.108. The highest BCUT2D eigenvalue weighted by molar-refractivity contribution is 7.19. The number of aliphatic carboxylic acids is 1. The molecule has 2 atom stereocenters. The molecule has 0 aromatic carbocycles. The number of carboxylic acids is 1. The second-order valence-corrected chi connectivity index (χ2v) is 14.5. The van der Waals surface area contributed by atoms with Gasteiger partial charge in [0.25, 0.3) is 0 Å². The fourth-order valence-corrected chi connectivity index (χ4v) is 4.06. The third kappa shape index (κ3) is 5.78. The number of carbonyl (C=O) groups excluding carboxylic acids is 1. The van der Waals surface area contributed by atoms with Crippen molar-refractivity contribution in [2.45, 2.75) is 88.8 Å². The van der Waals surface area contributed by atoms with Gasteiger partial charge in [-0.3, -0.25) is 0 Å². The Morgan fingerprint density at radius 3 is 1.88 bits per heavy atom. The molecule has 0 aliphatic heterocycles. The maximum atomic E-state index is 14.2. The van der Waals surface area contributed by atoms with Crippen LogP contribution in [-0.2, 0) is 4.79 Å². The van der Waals surface area contributed by atoms with Gasteiger partial charge in [0.15, 0.2) is 6.17 Å². The molecule has 0 aliphatic rings. The van der Waals surface area contributed by atoms with Crippen LogP contribution >= 0.6 is 11.1 Å². The van der Waals surface area contributed by atoms with E-state index in [-0.39, 0.29) is 6.42 Å². The standard InChI is InChI=1S/C16H27ClF6O2Si/c1-11(2)14(19,13(24)25)16(22,23)15(20,21)12(18)9-7-5-6-8-10-26(3,4)17/h11-12H,5-10H2,1-4H3,(H,24,25)/p-1. The molecule has 0 heterocycles. The molecule has 0 aromatic rings. The van der Waals surface area contributed by atoms with Crippen LogP contribution in [0.4, 0.5) is 26.3 Å². The molecule has 0 radical (unpaired) electrons. The minimum atomic E-state index is -5.75. The number of carboxylic acid groups (broad SMARTS) is 1. The zero-order valence-electron chi connectivity index (χ0n) is 15.4. The lowest BCUT2D eigenvalue weighted by Gasteiger charge is -2.41. The molecule has 156 valence electrons. The summed E-state index contributed by atoms with van der Waals surface area (Å²) in [6.07, 6.45) is -2.78. The zero-order valence-corrected chi connectivity index (χ0v) is 17.1. The van der Waals surface area contributed by atoms with Gasteiger partial charge in [-0.05, 0) is 18.4 Å². The molecule has 0 bridgehead atoms. The lowest BCUT2D eigenvalue weighted by Crippen LogP contribution is -2.68. The van der Waals surface area contributed by atoms with E-state index >= 15 is 0 Å². The van der Waals surface area contributed by atoms with Crippen LogP contribution in [0.2, 0.25) is 19.1 Å². The van der Waals surface area contributed by atoms with E-state index in [0.29, 0.717) is 26.7 Å². The second kappa shape index (κ2) is 9.17. The van der Waals surface area contributed by atoms with Gasteiger partial charge in [-0.15, -0.1) is 0 Å². The summed E-state index contributed by atoms with van der Waals surface area (Å²) in [5, 5.41) is 10.8. The van der Waals surface area contributed by atoms with E-state index in [1.165, 1.54) is 0 Å². The smallest absolute Gasteiger partial charge is 0.351 e. The van der Waals surface area contributed by atoms with Crippen molar-refractivity contribution in [2.75, 3.05) is 0 Å². The topological polar surface area (TPSA) is 40.1 Å². The first-order chi connectivity index (χ1) is 11.5. The van der Waals surface area contributed by atoms with Crippen LogP contribution in [0.1, 0.15) is 46.0 Å². The summed E-state index contributed by atoms with van der Waals surface area (Å²) in [6.45, 7) is 5.25. The van der Waals surface area contributed by atoms with Crippen molar-refractivity contribution in [3.63, 3.8) is 0 Å². The maximum Gasteiger partial charge on any atom is 0.351 e. The Balaban J connectivity index is 4.89. The molecule has 0 rings (SSSR count). The number of hydrogen-bond donors (Lipinski definition) is 0. The molecule has 10 heteroatoms. The van der Waals surface area contributed by atoms with Crippen molar-refractivity contribution >= 4 is 24.4 Å². The average Bonchev–Trinajstić information content (AvgIpc) is 2.47. The number of hydrogen-bond acceptors (Lipinski definition) is 2. The summed E-state index contributed by atoms with van der Waals surface area (Å²) < 4.78 is 83.7. The quantitative estimate of drug-likeness (QED) is 0.188. The minimum Gasteiger partial charge on any atom is -0.546 e. The molecule has 2 nitrogen and oxygen atoms in total. The van der Waals surface area contributed by atoms with Crippen molar-refractivity contribution in [1.29, 1.82) is 0 Å². The molecule has 0 fully saturated rings. The number of rotatable bonds is 12. The fraction of sp³-hybridized carbons (Fsp3) is 0.938. The van der Waals surface area contributed by atoms with E-state index in [0.717, 1.165) is 12.5 Å². The molecule has 0 spiro atoms. The summed E-state index contributed by atoms with van der Waals surface area (Å²) in [4.78, 5) is 10.8. The van der Waals surface area contributed by atoms with Crippen LogP contribution in [-0.4, -0.2) is 37.0 Å². The SMILES string of the molecule is CC(C)C(F)(C(=O)[O-])C(F)(F)C(F)(F)C(F)CCCCCC[Si](C)(C)Cl. The monoisotopic (exact) mass is 427 g/mol. The van der Waals surface area contributed by atoms with Crippen molar-refractivity contribution in [3.05, 3.63) is 0 Å². The number of halogens is 7. The van der Waals surface area contributed by atoms with E-state index in [9.17, 15) is 36.2 Å². The first kappa shape index (κ1) is 25.6. The van der Waals surface area contributed by atoms with Gasteiger partial charge in [0.1, 0.15) is 7.38 Å². The summed E-state index contributed by atoms with van der Waals surface area (Å²) in [7, 11) is -1.76. The van der Waals surface area contributed by atoms with Crippen LogP contribution in [0.3, 0.4) is 0 Å². The van der Waals surface area contributed by atoms with Crippen molar-refractivity contribution in [2.24, 2.45) is 5.92 Å². The Labute approximate surface area is 156 Å². The molecule has 0 saturated carbocycles. The zero-order chi connectivity index (χ0) is 21.0. The van der Waals surface area contributed by atoms with Gasteiger partial charge < -0.3 is 9.90 Å². The molecule has 0 N–H and O–H groups in total. The van der Waals surface area contributed by atoms with Crippen LogP contribution in [0.25, 0.3) is 0 Å². The highest BCUT2D eigenvalue weighted by Gasteiger charge is 2.74. The molecule has 26 heavy (non-hydrogen) atoms. The fourth-order valence-electron chi connectivity index (χ4n) is 2.57. The summed E-state index contributed by atoms with van der Waals surface area (Å²) in [5.41, 5.74) is -4.68. The Bertz CT molecular complexity index is 470. The van der Waals surface area contributed by atoms with Crippen LogP contribution in [0, 0.1) is 5.92 Å². The third-order valence-corrected chi connectivity index (χ3v) is 6.45. The van der Waals surface area contributed by atoms with E-state index < -0.39 is 49.4 Å². The highest BCUT2D eigenvalue weighted by atomic mass is 35.6. The van der Waals surface area contributed by atoms with E-state index in [2.05, 4.69) is 0 Å². The lowest BCUT2D eigenvalue weighted by atomic mass is 9.81. The summed E-state index contributed by atoms with van der Waals surface area (Å²) in [5.74, 6) is -16.3. The maximum absolute atomic E-state index is 14.2. The molecule has 2 unspecified atom stereocenters. The number of unbranched alkanes of at least 4 members (excludes halogenated alkanes) is 3. The second-order valence-electron chi connectivity index (χ2n) is 7.49. The predicted molar refractivity (Wildman–Crippen MR) is 89.7 cm³/mol. The predicted octanol–water partition coefficient (Wildman–Crippen LogP) is 5.10. The molecular formula is C16H26ClF6O2Si-. The molecule has 0 amide bonds. The summed E-state index contributed by atoms with van der Waals surface area (Å²) in [6, 6.07) is 0.784. The molecule has 0 aromatic heterocycles. The molecular weight excluding hydrogens is 402 g/mol. The van der Waals surface area contributed by atoms with Gasteiger partial charge >= 0.3 is 11.8 Å². The van der Waals surface area contributed by atoms with Gasteiger partial charge in [-0.25, -0.2) is 8.78 Å². The number of carbonyl (C=O) groups is 1. The Kier molecular flexibility index (Phi) is 9.01. The number of alkyl halides is 6. The Hall–Kier alpha value is -0.443. The van der Waals surface area contributed by atoms with Gasteiger partial charge in [0, 0.05) is 0 Å². The molecule has 0 aliphatic carbocycles. The van der Waals surface area contributed by atoms with Crippen molar-refractivity contribution < 1.29 is 36.2 Å². The Morgan fingerprint density at radius 2 is 1.50 bits per heavy atom. The average molecular weight is 428 g/mol. The van der Waals surface area contributed by atoms with Gasteiger partial charge in [0.05, 0.1) is 5.97 Å². The lowest BCUT2D eigenvalue weighted by molar-refractivity contribution is -0.358. The third-order valence-electron chi connectivity index (χ3n) is 4.34. The van der Waals surface area contributed by atoms with E-state index in [1.807, 2.05) is 13.1 Å². The van der Waals surface area contributed by atoms with E-state index in [1.54, 1.807) is 0 Å². The van der Waals surface area contributed by atoms with Crippen LogP contribution < -0.4 is 5.11 Å². The molecule has 0 saturated heterocycles. The van der Waals surface area contributed by atoms with Crippen LogP contribution in [0.5, 0.6) is 0 Å². The first-order valence-corrected chi connectivity index (χ1v) is 12.7. The van der Waals surface area contributed by atoms with Gasteiger partial charge in [-0.1, -0.05) is 52.6 Å². The van der Waals surface area contributed by atoms with Crippen LogP contribution in [0.15, 0.2) is 0 Å². The van der Waals surface area contributed by atoms with Gasteiger partial charge in [-0.2, -0.15) is 28.6 Å². The largest absolute Gasteiger partial charge is 0.546 e. The van der Waals surface area contributed by atoms with Crippen molar-refractivity contribution in [3.8, 4) is 0 Å².